The van der Waals surface area contributed by atoms with Gasteiger partial charge in [-0.05, 0) is 18.4 Å². The summed E-state index contributed by atoms with van der Waals surface area (Å²) in [6, 6.07) is 0.577. The largest absolute Gasteiger partial charge is 0.494 e. The van der Waals surface area contributed by atoms with Gasteiger partial charge in [0.25, 0.3) is 5.91 Å². The van der Waals surface area contributed by atoms with Crippen molar-refractivity contribution in [3.05, 3.63) is 24.0 Å². The summed E-state index contributed by atoms with van der Waals surface area (Å²) in [7, 11) is 1.43. The van der Waals surface area contributed by atoms with Gasteiger partial charge in [-0.1, -0.05) is 13.8 Å². The number of aliphatic carboxylic acids is 1. The van der Waals surface area contributed by atoms with E-state index in [9.17, 15) is 9.59 Å². The van der Waals surface area contributed by atoms with Gasteiger partial charge >= 0.3 is 5.97 Å². The van der Waals surface area contributed by atoms with E-state index in [0.29, 0.717) is 12.2 Å². The zero-order chi connectivity index (χ0) is 14.4. The van der Waals surface area contributed by atoms with Gasteiger partial charge in [0.2, 0.25) is 0 Å². The number of carboxylic acids is 1. The Balaban J connectivity index is 2.84. The lowest BCUT2D eigenvalue weighted by Crippen LogP contribution is -2.41. The average molecular weight is 266 g/mol. The highest BCUT2D eigenvalue weighted by Crippen LogP contribution is 2.16. The minimum absolute atomic E-state index is 0.167. The summed E-state index contributed by atoms with van der Waals surface area (Å²) in [5.41, 5.74) is 0.271. The summed E-state index contributed by atoms with van der Waals surface area (Å²) in [5.74, 6) is -1.04. The number of aromatic nitrogens is 1. The molecule has 0 aliphatic rings. The van der Waals surface area contributed by atoms with Crippen molar-refractivity contribution in [3.63, 3.8) is 0 Å². The first-order chi connectivity index (χ1) is 8.95. The van der Waals surface area contributed by atoms with Crippen molar-refractivity contribution < 1.29 is 19.4 Å². The molecule has 19 heavy (non-hydrogen) atoms. The number of carbonyl (C=O) groups excluding carboxylic acids is 1. The molecule has 104 valence electrons. The summed E-state index contributed by atoms with van der Waals surface area (Å²) in [4.78, 5) is 27.0. The highest BCUT2D eigenvalue weighted by atomic mass is 16.5. The Morgan fingerprint density at radius 1 is 1.47 bits per heavy atom. The van der Waals surface area contributed by atoms with Gasteiger partial charge in [0.1, 0.15) is 11.8 Å². The summed E-state index contributed by atoms with van der Waals surface area (Å²) >= 11 is 0. The number of hydrogen-bond acceptors (Lipinski definition) is 4. The normalized spacial score (nSPS) is 12.0. The molecule has 0 aliphatic heterocycles. The van der Waals surface area contributed by atoms with Crippen molar-refractivity contribution >= 4 is 11.9 Å². The standard InChI is InChI=1S/C13H18N2O4/c1-8(2)6-10(13(17)18)15-12(16)9-4-5-14-7-11(9)19-3/h4-5,7-8,10H,6H2,1-3H3,(H,15,16)(H,17,18)/t10-/m0/s1. The minimum atomic E-state index is -1.05. The zero-order valence-electron chi connectivity index (χ0n) is 11.2. The number of amides is 1. The Kier molecular flexibility index (Phi) is 5.29. The monoisotopic (exact) mass is 266 g/mol. The SMILES string of the molecule is COc1cnccc1C(=O)N[C@@H](CC(C)C)C(=O)O. The fraction of sp³-hybridized carbons (Fsp3) is 0.462. The maximum atomic E-state index is 12.0. The molecule has 0 fully saturated rings. The fourth-order valence-corrected chi connectivity index (χ4v) is 1.66. The van der Waals surface area contributed by atoms with Crippen molar-refractivity contribution in [2.24, 2.45) is 5.92 Å². The number of ether oxygens (including phenoxy) is 1. The van der Waals surface area contributed by atoms with Crippen molar-refractivity contribution in [1.82, 2.24) is 10.3 Å². The second-order valence-corrected chi connectivity index (χ2v) is 4.57. The van der Waals surface area contributed by atoms with E-state index < -0.39 is 17.9 Å². The molecule has 1 aromatic heterocycles. The first-order valence-corrected chi connectivity index (χ1v) is 5.97. The number of nitrogens with zero attached hydrogens (tertiary/aromatic N) is 1. The number of carbonyl (C=O) groups is 2. The molecule has 0 saturated carbocycles. The van der Waals surface area contributed by atoms with Gasteiger partial charge in [-0.15, -0.1) is 0 Å². The zero-order valence-corrected chi connectivity index (χ0v) is 11.2. The van der Waals surface area contributed by atoms with Crippen molar-refractivity contribution in [2.45, 2.75) is 26.3 Å². The van der Waals surface area contributed by atoms with Gasteiger partial charge in [0.05, 0.1) is 18.9 Å². The molecule has 6 heteroatoms. The second kappa shape index (κ2) is 6.72. The average Bonchev–Trinajstić information content (AvgIpc) is 2.37. The van der Waals surface area contributed by atoms with Gasteiger partial charge in [0.15, 0.2) is 0 Å². The van der Waals surface area contributed by atoms with Gasteiger partial charge in [-0.2, -0.15) is 0 Å². The topological polar surface area (TPSA) is 88.5 Å². The van der Waals surface area contributed by atoms with Crippen LogP contribution >= 0.6 is 0 Å². The Morgan fingerprint density at radius 3 is 2.68 bits per heavy atom. The molecule has 1 atom stereocenters. The molecule has 0 aromatic carbocycles. The number of rotatable bonds is 6. The van der Waals surface area contributed by atoms with Crippen LogP contribution in [0, 0.1) is 5.92 Å². The molecular weight excluding hydrogens is 248 g/mol. The van der Waals surface area contributed by atoms with Crippen molar-refractivity contribution in [3.8, 4) is 5.75 Å². The van der Waals surface area contributed by atoms with Gasteiger partial charge in [-0.3, -0.25) is 9.78 Å². The quantitative estimate of drug-likeness (QED) is 0.810. The minimum Gasteiger partial charge on any atom is -0.494 e. The molecule has 6 nitrogen and oxygen atoms in total. The Hall–Kier alpha value is -2.11. The lowest BCUT2D eigenvalue weighted by molar-refractivity contribution is -0.139. The highest BCUT2D eigenvalue weighted by molar-refractivity contribution is 5.98. The molecule has 2 N–H and O–H groups in total. The van der Waals surface area contributed by atoms with E-state index in [2.05, 4.69) is 10.3 Å². The summed E-state index contributed by atoms with van der Waals surface area (Å²) in [6.45, 7) is 3.80. The number of carboxylic acid groups (broad SMARTS) is 1. The van der Waals surface area contributed by atoms with Crippen LogP contribution in [0.25, 0.3) is 0 Å². The van der Waals surface area contributed by atoms with Crippen LogP contribution in [0.4, 0.5) is 0 Å². The first-order valence-electron chi connectivity index (χ1n) is 5.97. The molecule has 0 bridgehead atoms. The Bertz CT molecular complexity index is 460. The van der Waals surface area contributed by atoms with Crippen LogP contribution in [0.1, 0.15) is 30.6 Å². The van der Waals surface area contributed by atoms with Crippen LogP contribution in [0.5, 0.6) is 5.75 Å². The molecule has 0 radical (unpaired) electrons. The predicted octanol–water partition coefficient (Wildman–Crippen LogP) is 1.32. The van der Waals surface area contributed by atoms with E-state index in [0.717, 1.165) is 0 Å². The van der Waals surface area contributed by atoms with Crippen LogP contribution in [0.3, 0.4) is 0 Å². The van der Waals surface area contributed by atoms with E-state index in [4.69, 9.17) is 9.84 Å². The molecule has 1 rings (SSSR count). The first kappa shape index (κ1) is 14.9. The smallest absolute Gasteiger partial charge is 0.326 e. The van der Waals surface area contributed by atoms with E-state index in [1.165, 1.54) is 25.6 Å². The van der Waals surface area contributed by atoms with Crippen LogP contribution in [0.2, 0.25) is 0 Å². The second-order valence-electron chi connectivity index (χ2n) is 4.57. The molecule has 0 saturated heterocycles. The van der Waals surface area contributed by atoms with E-state index in [-0.39, 0.29) is 11.5 Å². The lowest BCUT2D eigenvalue weighted by Gasteiger charge is -2.17. The molecular formula is C13H18N2O4. The molecule has 1 aromatic rings. The third-order valence-electron chi connectivity index (χ3n) is 2.56. The van der Waals surface area contributed by atoms with Crippen LogP contribution in [0.15, 0.2) is 18.5 Å². The summed E-state index contributed by atoms with van der Waals surface area (Å²) < 4.78 is 5.02. The lowest BCUT2D eigenvalue weighted by atomic mass is 10.0. The van der Waals surface area contributed by atoms with Crippen molar-refractivity contribution in [1.29, 1.82) is 0 Å². The number of pyridine rings is 1. The van der Waals surface area contributed by atoms with Crippen LogP contribution < -0.4 is 10.1 Å². The third kappa shape index (κ3) is 4.24. The molecule has 1 heterocycles. The molecule has 1 amide bonds. The van der Waals surface area contributed by atoms with Gasteiger partial charge in [-0.25, -0.2) is 4.79 Å². The van der Waals surface area contributed by atoms with E-state index >= 15 is 0 Å². The molecule has 0 unspecified atom stereocenters. The van der Waals surface area contributed by atoms with Crippen molar-refractivity contribution in [2.75, 3.05) is 7.11 Å². The third-order valence-corrected chi connectivity index (χ3v) is 2.56. The molecule has 0 spiro atoms. The maximum Gasteiger partial charge on any atom is 0.326 e. The van der Waals surface area contributed by atoms with Crippen LogP contribution in [-0.4, -0.2) is 35.1 Å². The Labute approximate surface area is 111 Å². The number of methoxy groups -OCH3 is 1. The van der Waals surface area contributed by atoms with E-state index in [1.54, 1.807) is 0 Å². The predicted molar refractivity (Wildman–Crippen MR) is 69.1 cm³/mol. The van der Waals surface area contributed by atoms with Crippen LogP contribution in [-0.2, 0) is 4.79 Å². The molecule has 0 aliphatic carbocycles. The van der Waals surface area contributed by atoms with Gasteiger partial charge in [0, 0.05) is 6.20 Å². The highest BCUT2D eigenvalue weighted by Gasteiger charge is 2.23. The summed E-state index contributed by atoms with van der Waals surface area (Å²) in [5, 5.41) is 11.6. The van der Waals surface area contributed by atoms with E-state index in [1.807, 2.05) is 13.8 Å². The number of nitrogens with one attached hydrogen (secondary N) is 1. The Morgan fingerprint density at radius 2 is 2.16 bits per heavy atom. The maximum absolute atomic E-state index is 12.0. The fourth-order valence-electron chi connectivity index (χ4n) is 1.66. The van der Waals surface area contributed by atoms with Gasteiger partial charge < -0.3 is 15.2 Å². The summed E-state index contributed by atoms with van der Waals surface area (Å²) in [6.07, 6.45) is 3.23. The number of hydrogen-bond donors (Lipinski definition) is 2.